The molecule has 3 amide bonds. The van der Waals surface area contributed by atoms with E-state index < -0.39 is 40.3 Å². The number of carbonyl (C=O) groups is 4. The molecule has 0 fully saturated rings. The Bertz CT molecular complexity index is 1520. The molecule has 37 heavy (non-hydrogen) atoms. The van der Waals surface area contributed by atoms with Crippen molar-refractivity contribution in [2.75, 3.05) is 30.9 Å². The molecule has 0 aromatic heterocycles. The van der Waals surface area contributed by atoms with Gasteiger partial charge in [0.05, 0.1) is 38.0 Å². The summed E-state index contributed by atoms with van der Waals surface area (Å²) in [6.45, 7) is -0.697. The zero-order valence-electron chi connectivity index (χ0n) is 19.6. The van der Waals surface area contributed by atoms with Gasteiger partial charge in [0.2, 0.25) is 10.0 Å². The van der Waals surface area contributed by atoms with Gasteiger partial charge in [-0.15, -0.1) is 0 Å². The predicted molar refractivity (Wildman–Crippen MR) is 135 cm³/mol. The van der Waals surface area contributed by atoms with Crippen LogP contribution in [0.4, 0.5) is 11.4 Å². The van der Waals surface area contributed by atoms with Crippen LogP contribution in [0.5, 0.6) is 0 Å². The molecule has 0 aliphatic carbocycles. The highest BCUT2D eigenvalue weighted by Crippen LogP contribution is 2.29. The minimum atomic E-state index is -3.76. The van der Waals surface area contributed by atoms with E-state index in [2.05, 4.69) is 5.32 Å². The Hall–Kier alpha value is -4.06. The minimum absolute atomic E-state index is 0.0129. The molecule has 1 heterocycles. The maximum absolute atomic E-state index is 12.7. The van der Waals surface area contributed by atoms with Gasteiger partial charge >= 0.3 is 5.97 Å². The summed E-state index contributed by atoms with van der Waals surface area (Å²) < 4.78 is 30.7. The van der Waals surface area contributed by atoms with Gasteiger partial charge in [-0.3, -0.25) is 14.4 Å². The van der Waals surface area contributed by atoms with E-state index in [1.165, 1.54) is 56.6 Å². The van der Waals surface area contributed by atoms with Gasteiger partial charge in [0.15, 0.2) is 6.61 Å². The predicted octanol–water partition coefficient (Wildman–Crippen LogP) is 3.19. The molecule has 3 aromatic carbocycles. The van der Waals surface area contributed by atoms with Gasteiger partial charge in [-0.1, -0.05) is 29.8 Å². The van der Waals surface area contributed by atoms with E-state index in [-0.39, 0.29) is 38.0 Å². The molecule has 0 spiro atoms. The van der Waals surface area contributed by atoms with Crippen molar-refractivity contribution in [3.63, 3.8) is 0 Å². The molecule has 1 aliphatic rings. The van der Waals surface area contributed by atoms with Crippen molar-refractivity contribution >= 4 is 56.7 Å². The van der Waals surface area contributed by atoms with Crippen LogP contribution in [0.25, 0.3) is 0 Å². The fourth-order valence-electron chi connectivity index (χ4n) is 3.57. The number of ether oxygens (including phenoxy) is 1. The zero-order valence-corrected chi connectivity index (χ0v) is 21.2. The summed E-state index contributed by atoms with van der Waals surface area (Å²) in [6, 6.07) is 15.9. The highest BCUT2D eigenvalue weighted by Gasteiger charge is 2.36. The van der Waals surface area contributed by atoms with Crippen LogP contribution < -0.4 is 10.2 Å². The number of nitrogens with zero attached hydrogens (tertiary/aromatic N) is 2. The number of hydrogen-bond donors (Lipinski definition) is 1. The Balaban J connectivity index is 1.44. The first-order valence-corrected chi connectivity index (χ1v) is 12.6. The van der Waals surface area contributed by atoms with Gasteiger partial charge in [0.1, 0.15) is 0 Å². The number of imide groups is 1. The summed E-state index contributed by atoms with van der Waals surface area (Å²) in [4.78, 5) is 51.3. The second kappa shape index (κ2) is 10.1. The molecule has 0 saturated carbocycles. The van der Waals surface area contributed by atoms with E-state index >= 15 is 0 Å². The Kier molecular flexibility index (Phi) is 7.12. The van der Waals surface area contributed by atoms with E-state index in [4.69, 9.17) is 16.3 Å². The third kappa shape index (κ3) is 5.10. The fourth-order valence-corrected chi connectivity index (χ4v) is 4.66. The molecule has 0 unspecified atom stereocenters. The summed E-state index contributed by atoms with van der Waals surface area (Å²) in [6.07, 6.45) is 0. The number of carbonyl (C=O) groups excluding carboxylic acids is 4. The van der Waals surface area contributed by atoms with Crippen LogP contribution in [0, 0.1) is 0 Å². The number of fused-ring (bicyclic) bond motifs is 1. The van der Waals surface area contributed by atoms with Crippen molar-refractivity contribution < 1.29 is 32.3 Å². The van der Waals surface area contributed by atoms with Gasteiger partial charge in [-0.05, 0) is 48.5 Å². The first kappa shape index (κ1) is 26.0. The first-order valence-electron chi connectivity index (χ1n) is 10.8. The molecule has 1 N–H and O–H groups in total. The molecule has 190 valence electrons. The largest absolute Gasteiger partial charge is 0.452 e. The molecule has 4 rings (SSSR count). The number of nitrogens with one attached hydrogen (secondary N) is 1. The van der Waals surface area contributed by atoms with Crippen LogP contribution in [0.1, 0.15) is 31.1 Å². The van der Waals surface area contributed by atoms with Crippen LogP contribution in [-0.4, -0.2) is 57.1 Å². The van der Waals surface area contributed by atoms with Gasteiger partial charge in [-0.25, -0.2) is 22.4 Å². The van der Waals surface area contributed by atoms with Crippen LogP contribution in [0.3, 0.4) is 0 Å². The number of anilines is 2. The van der Waals surface area contributed by atoms with Crippen molar-refractivity contribution in [3.8, 4) is 0 Å². The quantitative estimate of drug-likeness (QED) is 0.359. The highest BCUT2D eigenvalue weighted by molar-refractivity contribution is 7.89. The number of amides is 3. The number of esters is 1. The summed E-state index contributed by atoms with van der Waals surface area (Å²) in [5.74, 6) is -2.66. The Morgan fingerprint density at radius 2 is 1.59 bits per heavy atom. The monoisotopic (exact) mass is 541 g/mol. The number of halogens is 1. The smallest absolute Gasteiger partial charge is 0.338 e. The third-order valence-corrected chi connectivity index (χ3v) is 7.60. The molecule has 10 nitrogen and oxygen atoms in total. The van der Waals surface area contributed by atoms with E-state index in [1.807, 2.05) is 0 Å². The Morgan fingerprint density at radius 3 is 2.22 bits per heavy atom. The van der Waals surface area contributed by atoms with Crippen molar-refractivity contribution in [3.05, 3.63) is 88.4 Å². The third-order valence-electron chi connectivity index (χ3n) is 5.46. The normalized spacial score (nSPS) is 13.0. The maximum atomic E-state index is 12.7. The molecule has 0 bridgehead atoms. The van der Waals surface area contributed by atoms with Crippen molar-refractivity contribution in [2.24, 2.45) is 0 Å². The van der Waals surface area contributed by atoms with E-state index in [0.29, 0.717) is 0 Å². The number of hydrogen-bond acceptors (Lipinski definition) is 7. The summed E-state index contributed by atoms with van der Waals surface area (Å²) in [5, 5.41) is 2.51. The van der Waals surface area contributed by atoms with Gasteiger partial charge in [-0.2, -0.15) is 0 Å². The van der Waals surface area contributed by atoms with Crippen molar-refractivity contribution in [2.45, 2.75) is 4.90 Å². The van der Waals surface area contributed by atoms with Crippen LogP contribution in [0.15, 0.2) is 71.6 Å². The van der Waals surface area contributed by atoms with E-state index in [9.17, 15) is 27.6 Å². The van der Waals surface area contributed by atoms with Crippen LogP contribution in [-0.2, 0) is 19.6 Å². The second-order valence-corrected chi connectivity index (χ2v) is 10.7. The van der Waals surface area contributed by atoms with Crippen LogP contribution >= 0.6 is 11.6 Å². The number of rotatable bonds is 7. The first-order chi connectivity index (χ1) is 17.5. The highest BCUT2D eigenvalue weighted by atomic mass is 35.5. The molecule has 0 radical (unpaired) electrons. The lowest BCUT2D eigenvalue weighted by Crippen LogP contribution is -2.29. The average molecular weight is 542 g/mol. The van der Waals surface area contributed by atoms with Gasteiger partial charge in [0, 0.05) is 14.1 Å². The lowest BCUT2D eigenvalue weighted by Gasteiger charge is -2.15. The van der Waals surface area contributed by atoms with E-state index in [1.54, 1.807) is 24.3 Å². The molecule has 0 atom stereocenters. The summed E-state index contributed by atoms with van der Waals surface area (Å²) >= 11 is 6.07. The number of sulfonamides is 1. The van der Waals surface area contributed by atoms with Crippen molar-refractivity contribution in [1.82, 2.24) is 4.31 Å². The second-order valence-electron chi connectivity index (χ2n) is 8.10. The lowest BCUT2D eigenvalue weighted by atomic mass is 10.1. The summed E-state index contributed by atoms with van der Waals surface area (Å²) in [5.41, 5.74) is 0.740. The van der Waals surface area contributed by atoms with Crippen LogP contribution in [0.2, 0.25) is 5.02 Å². The average Bonchev–Trinajstić information content (AvgIpc) is 3.13. The summed E-state index contributed by atoms with van der Waals surface area (Å²) in [7, 11) is -1.03. The molecular formula is C25H20ClN3O7S. The molecular weight excluding hydrogens is 522 g/mol. The SMILES string of the molecule is CN(C)S(=O)(=O)c1ccc(Cl)c(NC(=O)COC(=O)c2cccc(N3C(=O)c4ccccc4C3=O)c2)c1. The molecule has 1 aliphatic heterocycles. The Morgan fingerprint density at radius 1 is 0.946 bits per heavy atom. The minimum Gasteiger partial charge on any atom is -0.452 e. The van der Waals surface area contributed by atoms with Crippen molar-refractivity contribution in [1.29, 1.82) is 0 Å². The van der Waals surface area contributed by atoms with E-state index in [0.717, 1.165) is 9.21 Å². The molecule has 12 heteroatoms. The lowest BCUT2D eigenvalue weighted by molar-refractivity contribution is -0.119. The topological polar surface area (TPSA) is 130 Å². The maximum Gasteiger partial charge on any atom is 0.338 e. The standard InChI is InChI=1S/C25H20ClN3O7S/c1-28(2)37(34,35)17-10-11-20(26)21(13-17)27-22(30)14-36-25(33)15-6-5-7-16(12-15)29-23(31)18-8-3-4-9-19(18)24(29)32/h3-13H,14H2,1-2H3,(H,27,30). The van der Waals surface area contributed by atoms with Gasteiger partial charge < -0.3 is 10.1 Å². The molecule has 3 aromatic rings. The fraction of sp³-hybridized carbons (Fsp3) is 0.120. The number of benzene rings is 3. The zero-order chi connectivity index (χ0) is 26.9. The Labute approximate surface area is 217 Å². The molecule has 0 saturated heterocycles. The van der Waals surface area contributed by atoms with Gasteiger partial charge in [0.25, 0.3) is 17.7 Å².